The first-order valence-corrected chi connectivity index (χ1v) is 10.6. The summed E-state index contributed by atoms with van der Waals surface area (Å²) in [6.45, 7) is 9.59. The van der Waals surface area contributed by atoms with Gasteiger partial charge in [0.1, 0.15) is 11.6 Å². The number of rotatable bonds is 4. The van der Waals surface area contributed by atoms with Crippen LogP contribution in [0.4, 0.5) is 0 Å². The molecule has 2 aromatic rings. The molecular formula is C21H26N4OS. The molecule has 1 fully saturated rings. The summed E-state index contributed by atoms with van der Waals surface area (Å²) in [6, 6.07) is 6.29. The van der Waals surface area contributed by atoms with Crippen molar-refractivity contribution >= 4 is 11.8 Å². The fraction of sp³-hybridized carbons (Fsp3) is 0.476. The molecule has 1 aliphatic rings. The second kappa shape index (κ2) is 8.28. The molecule has 1 aromatic heterocycles. The van der Waals surface area contributed by atoms with Crippen molar-refractivity contribution in [3.8, 4) is 17.3 Å². The molecule has 0 spiro atoms. The molecule has 0 aliphatic carbocycles. The number of hydrogen-bond acceptors (Lipinski definition) is 5. The van der Waals surface area contributed by atoms with Gasteiger partial charge in [-0.2, -0.15) is 5.26 Å². The van der Waals surface area contributed by atoms with Crippen LogP contribution in [-0.2, 0) is 6.54 Å². The van der Waals surface area contributed by atoms with Crippen molar-refractivity contribution in [1.29, 1.82) is 5.26 Å². The number of aryl methyl sites for hydroxylation is 2. The van der Waals surface area contributed by atoms with E-state index in [0.717, 1.165) is 36.7 Å². The molecule has 1 saturated heterocycles. The van der Waals surface area contributed by atoms with Gasteiger partial charge >= 0.3 is 0 Å². The van der Waals surface area contributed by atoms with Crippen molar-refractivity contribution in [3.63, 3.8) is 0 Å². The van der Waals surface area contributed by atoms with Gasteiger partial charge in [-0.05, 0) is 74.7 Å². The number of nitrogens with zero attached hydrogens (tertiary/aromatic N) is 3. The van der Waals surface area contributed by atoms with E-state index >= 15 is 0 Å². The molecule has 142 valence electrons. The third kappa shape index (κ3) is 4.26. The number of nitriles is 1. The minimum atomic E-state index is -0.376. The minimum absolute atomic E-state index is 0.0810. The molecule has 6 heteroatoms. The highest BCUT2D eigenvalue weighted by molar-refractivity contribution is 7.98. The summed E-state index contributed by atoms with van der Waals surface area (Å²) in [5.74, 6) is 0.805. The zero-order chi connectivity index (χ0) is 19.6. The van der Waals surface area contributed by atoms with Gasteiger partial charge in [0.15, 0.2) is 5.16 Å². The fourth-order valence-corrected chi connectivity index (χ4v) is 4.01. The summed E-state index contributed by atoms with van der Waals surface area (Å²) < 4.78 is 0. The van der Waals surface area contributed by atoms with E-state index in [-0.39, 0.29) is 11.1 Å². The Kier molecular flexibility index (Phi) is 6.03. The average Bonchev–Trinajstić information content (AvgIpc) is 2.65. The average molecular weight is 383 g/mol. The Morgan fingerprint density at radius 1 is 1.30 bits per heavy atom. The maximum absolute atomic E-state index is 12.3. The number of hydrogen-bond donors (Lipinski definition) is 1. The number of thioether (sulfide) groups is 1. The predicted molar refractivity (Wildman–Crippen MR) is 110 cm³/mol. The van der Waals surface area contributed by atoms with Crippen molar-refractivity contribution in [2.75, 3.05) is 19.3 Å². The smallest absolute Gasteiger partial charge is 0.270 e. The number of benzene rings is 1. The number of H-pyrrole nitrogens is 1. The SMILES string of the molecule is CSc1nc(-c2cc(CN3CCC(C)CC3)c(C)cc2C)c(C#N)c(=O)[nH]1. The maximum atomic E-state index is 12.3. The van der Waals surface area contributed by atoms with Gasteiger partial charge in [-0.25, -0.2) is 4.98 Å². The molecule has 0 saturated carbocycles. The van der Waals surface area contributed by atoms with E-state index in [1.54, 1.807) is 0 Å². The third-order valence-corrected chi connectivity index (χ3v) is 5.99. The van der Waals surface area contributed by atoms with Gasteiger partial charge in [-0.3, -0.25) is 9.69 Å². The molecule has 0 unspecified atom stereocenters. The van der Waals surface area contributed by atoms with Crippen molar-refractivity contribution < 1.29 is 0 Å². The minimum Gasteiger partial charge on any atom is -0.300 e. The summed E-state index contributed by atoms with van der Waals surface area (Å²) in [5, 5.41) is 10.0. The number of piperidine rings is 1. The van der Waals surface area contributed by atoms with Crippen LogP contribution in [0.2, 0.25) is 0 Å². The van der Waals surface area contributed by atoms with Crippen LogP contribution in [0.1, 0.15) is 42.0 Å². The number of nitrogens with one attached hydrogen (secondary N) is 1. The van der Waals surface area contributed by atoms with Crippen LogP contribution in [0.15, 0.2) is 22.1 Å². The van der Waals surface area contributed by atoms with E-state index in [9.17, 15) is 10.1 Å². The molecule has 3 rings (SSSR count). The first-order valence-electron chi connectivity index (χ1n) is 9.34. The fourth-order valence-electron chi connectivity index (χ4n) is 3.63. The van der Waals surface area contributed by atoms with E-state index in [1.165, 1.54) is 35.7 Å². The Hall–Kier alpha value is -2.10. The van der Waals surface area contributed by atoms with Crippen LogP contribution >= 0.6 is 11.8 Å². The molecule has 1 N–H and O–H groups in total. The van der Waals surface area contributed by atoms with Gasteiger partial charge in [0, 0.05) is 12.1 Å². The van der Waals surface area contributed by atoms with Crippen LogP contribution in [0.5, 0.6) is 0 Å². The highest BCUT2D eigenvalue weighted by Crippen LogP contribution is 2.29. The Bertz CT molecular complexity index is 936. The number of likely N-dealkylation sites (tertiary alicyclic amines) is 1. The standard InChI is InChI=1S/C21H26N4OS/c1-13-5-7-25(8-6-13)12-16-10-17(15(3)9-14(16)2)19-18(11-22)20(26)24-21(23-19)27-4/h9-10,13H,5-8,12H2,1-4H3,(H,23,24,26). The topological polar surface area (TPSA) is 72.8 Å². The number of aromatic amines is 1. The summed E-state index contributed by atoms with van der Waals surface area (Å²) in [4.78, 5) is 22.0. The third-order valence-electron chi connectivity index (χ3n) is 5.41. The lowest BCUT2D eigenvalue weighted by Crippen LogP contribution is -2.32. The summed E-state index contributed by atoms with van der Waals surface area (Å²) >= 11 is 1.37. The van der Waals surface area contributed by atoms with Crippen LogP contribution in [0, 0.1) is 31.1 Å². The van der Waals surface area contributed by atoms with E-state index in [4.69, 9.17) is 0 Å². The zero-order valence-corrected chi connectivity index (χ0v) is 17.2. The van der Waals surface area contributed by atoms with Crippen molar-refractivity contribution in [3.05, 3.63) is 44.7 Å². The van der Waals surface area contributed by atoms with Gasteiger partial charge in [-0.15, -0.1) is 0 Å². The van der Waals surface area contributed by atoms with Crippen LogP contribution in [0.25, 0.3) is 11.3 Å². The maximum Gasteiger partial charge on any atom is 0.270 e. The lowest BCUT2D eigenvalue weighted by atomic mass is 9.94. The summed E-state index contributed by atoms with van der Waals surface area (Å²) in [5.41, 5.74) is 4.57. The largest absolute Gasteiger partial charge is 0.300 e. The van der Waals surface area contributed by atoms with Gasteiger partial charge < -0.3 is 4.98 Å². The Labute approximate surface area is 164 Å². The second-order valence-corrected chi connectivity index (χ2v) is 8.26. The molecule has 0 bridgehead atoms. The molecule has 5 nitrogen and oxygen atoms in total. The first-order chi connectivity index (χ1) is 12.9. The summed E-state index contributed by atoms with van der Waals surface area (Å²) in [7, 11) is 0. The Balaban J connectivity index is 2.03. The van der Waals surface area contributed by atoms with Crippen LogP contribution in [0.3, 0.4) is 0 Å². The molecular weight excluding hydrogens is 356 g/mol. The van der Waals surface area contributed by atoms with Crippen molar-refractivity contribution in [2.45, 2.75) is 45.3 Å². The Morgan fingerprint density at radius 2 is 2.00 bits per heavy atom. The van der Waals surface area contributed by atoms with Gasteiger partial charge in [0.25, 0.3) is 5.56 Å². The highest BCUT2D eigenvalue weighted by atomic mass is 32.2. The van der Waals surface area contributed by atoms with E-state index < -0.39 is 0 Å². The molecule has 1 aromatic carbocycles. The van der Waals surface area contributed by atoms with Gasteiger partial charge in [0.05, 0.1) is 5.69 Å². The summed E-state index contributed by atoms with van der Waals surface area (Å²) in [6.07, 6.45) is 4.34. The molecule has 0 amide bonds. The normalized spacial score (nSPS) is 15.7. The number of aromatic nitrogens is 2. The lowest BCUT2D eigenvalue weighted by molar-refractivity contribution is 0.185. The van der Waals surface area contributed by atoms with E-state index in [0.29, 0.717) is 10.9 Å². The zero-order valence-electron chi connectivity index (χ0n) is 16.4. The molecule has 1 aliphatic heterocycles. The Morgan fingerprint density at radius 3 is 2.63 bits per heavy atom. The van der Waals surface area contributed by atoms with Gasteiger partial charge in [0.2, 0.25) is 0 Å². The molecule has 0 atom stereocenters. The quantitative estimate of drug-likeness (QED) is 0.642. The molecule has 2 heterocycles. The van der Waals surface area contributed by atoms with E-state index in [2.05, 4.69) is 40.8 Å². The van der Waals surface area contributed by atoms with Gasteiger partial charge in [-0.1, -0.05) is 24.8 Å². The van der Waals surface area contributed by atoms with Crippen molar-refractivity contribution in [1.82, 2.24) is 14.9 Å². The van der Waals surface area contributed by atoms with Crippen molar-refractivity contribution in [2.24, 2.45) is 5.92 Å². The molecule has 0 radical (unpaired) electrons. The van der Waals surface area contributed by atoms with Crippen LogP contribution < -0.4 is 5.56 Å². The van der Waals surface area contributed by atoms with Crippen LogP contribution in [-0.4, -0.2) is 34.2 Å². The second-order valence-electron chi connectivity index (χ2n) is 7.46. The first kappa shape index (κ1) is 19.7. The predicted octanol–water partition coefficient (Wildman–Crippen LogP) is 3.88. The highest BCUT2D eigenvalue weighted by Gasteiger charge is 2.19. The van der Waals surface area contributed by atoms with E-state index in [1.807, 2.05) is 19.2 Å². The monoisotopic (exact) mass is 382 g/mol. The lowest BCUT2D eigenvalue weighted by Gasteiger charge is -2.30. The molecule has 27 heavy (non-hydrogen) atoms.